The van der Waals surface area contributed by atoms with Crippen molar-refractivity contribution in [2.45, 2.75) is 12.8 Å². The van der Waals surface area contributed by atoms with Gasteiger partial charge in [-0.25, -0.2) is 0 Å². The van der Waals surface area contributed by atoms with E-state index in [-0.39, 0.29) is 5.91 Å². The Balaban J connectivity index is 2.22. The van der Waals surface area contributed by atoms with Crippen LogP contribution in [0.2, 0.25) is 0 Å². The van der Waals surface area contributed by atoms with Gasteiger partial charge in [0.05, 0.1) is 0 Å². The average molecular weight is 242 g/mol. The van der Waals surface area contributed by atoms with Gasteiger partial charge in [0, 0.05) is 19.2 Å². The number of fused-ring (bicyclic) bond motifs is 1. The van der Waals surface area contributed by atoms with Crippen molar-refractivity contribution in [1.29, 1.82) is 0 Å². The molecule has 18 heavy (non-hydrogen) atoms. The molecular weight excluding hydrogens is 224 g/mol. The van der Waals surface area contributed by atoms with Gasteiger partial charge in [-0.05, 0) is 35.9 Å². The lowest BCUT2D eigenvalue weighted by Gasteiger charge is -2.17. The molecule has 0 bridgehead atoms. The van der Waals surface area contributed by atoms with Crippen molar-refractivity contribution in [3.05, 3.63) is 42.5 Å². The Labute approximate surface area is 107 Å². The molecule has 3 heteroatoms. The molecule has 2 N–H and O–H groups in total. The number of rotatable bonds is 4. The fraction of sp³-hybridized carbons (Fsp3) is 0.267. The van der Waals surface area contributed by atoms with Gasteiger partial charge in [0.1, 0.15) is 0 Å². The van der Waals surface area contributed by atoms with E-state index in [1.165, 1.54) is 5.39 Å². The Morgan fingerprint density at radius 2 is 1.89 bits per heavy atom. The lowest BCUT2D eigenvalue weighted by molar-refractivity contribution is -0.118. The second-order valence-corrected chi connectivity index (χ2v) is 4.38. The lowest BCUT2D eigenvalue weighted by Crippen LogP contribution is -2.26. The van der Waals surface area contributed by atoms with Gasteiger partial charge in [-0.2, -0.15) is 0 Å². The molecule has 3 nitrogen and oxygen atoms in total. The molecule has 0 atom stereocenters. The van der Waals surface area contributed by atoms with Crippen molar-refractivity contribution < 1.29 is 4.79 Å². The van der Waals surface area contributed by atoms with E-state index >= 15 is 0 Å². The fourth-order valence-electron chi connectivity index (χ4n) is 1.95. The van der Waals surface area contributed by atoms with Gasteiger partial charge in [0.25, 0.3) is 0 Å². The minimum Gasteiger partial charge on any atom is -0.330 e. The lowest BCUT2D eigenvalue weighted by atomic mass is 10.1. The number of hydrogen-bond donors (Lipinski definition) is 1. The maximum atomic E-state index is 11.9. The summed E-state index contributed by atoms with van der Waals surface area (Å²) in [7, 11) is 1.81. The molecule has 2 rings (SSSR count). The number of carbonyl (C=O) groups is 1. The quantitative estimate of drug-likeness (QED) is 0.895. The minimum atomic E-state index is 0.107. The highest BCUT2D eigenvalue weighted by Crippen LogP contribution is 2.21. The predicted octanol–water partition coefficient (Wildman–Crippen LogP) is 2.54. The van der Waals surface area contributed by atoms with Crippen LogP contribution >= 0.6 is 0 Å². The van der Waals surface area contributed by atoms with Crippen LogP contribution < -0.4 is 10.6 Å². The number of nitrogens with two attached hydrogens (primary N) is 1. The third kappa shape index (κ3) is 2.68. The molecule has 2 aromatic rings. The van der Waals surface area contributed by atoms with Crippen molar-refractivity contribution in [2.75, 3.05) is 18.5 Å². The van der Waals surface area contributed by atoms with Crippen LogP contribution in [0.25, 0.3) is 10.8 Å². The van der Waals surface area contributed by atoms with Crippen LogP contribution in [0.3, 0.4) is 0 Å². The van der Waals surface area contributed by atoms with Gasteiger partial charge in [-0.1, -0.05) is 30.3 Å². The van der Waals surface area contributed by atoms with E-state index in [9.17, 15) is 4.79 Å². The number of carbonyl (C=O) groups excluding carboxylic acids is 1. The number of benzene rings is 2. The molecule has 0 fully saturated rings. The number of nitrogens with zero attached hydrogens (tertiary/aromatic N) is 1. The first-order valence-electron chi connectivity index (χ1n) is 6.18. The molecule has 0 unspecified atom stereocenters. The Hall–Kier alpha value is -1.87. The first-order chi connectivity index (χ1) is 8.72. The van der Waals surface area contributed by atoms with Crippen LogP contribution in [-0.4, -0.2) is 19.5 Å². The summed E-state index contributed by atoms with van der Waals surface area (Å²) in [6, 6.07) is 14.2. The first kappa shape index (κ1) is 12.6. The Kier molecular flexibility index (Phi) is 3.95. The summed E-state index contributed by atoms with van der Waals surface area (Å²) in [6.45, 7) is 0.553. The van der Waals surface area contributed by atoms with Crippen LogP contribution in [0.4, 0.5) is 5.69 Å². The molecular formula is C15H18N2O. The second kappa shape index (κ2) is 5.65. The largest absolute Gasteiger partial charge is 0.330 e. The zero-order valence-corrected chi connectivity index (χ0v) is 10.6. The standard InChI is InChI=1S/C15H18N2O/c1-17(15(18)7-4-10-16)14-9-8-12-5-2-3-6-13(12)11-14/h2-3,5-6,8-9,11H,4,7,10,16H2,1H3. The second-order valence-electron chi connectivity index (χ2n) is 4.38. The van der Waals surface area contributed by atoms with E-state index in [1.807, 2.05) is 37.4 Å². The Morgan fingerprint density at radius 1 is 1.17 bits per heavy atom. The monoisotopic (exact) mass is 242 g/mol. The van der Waals surface area contributed by atoms with Crippen LogP contribution in [-0.2, 0) is 4.79 Å². The predicted molar refractivity (Wildman–Crippen MR) is 75.6 cm³/mol. The number of hydrogen-bond acceptors (Lipinski definition) is 2. The summed E-state index contributed by atoms with van der Waals surface area (Å²) in [4.78, 5) is 13.6. The molecule has 0 aliphatic rings. The molecule has 0 saturated heterocycles. The summed E-state index contributed by atoms with van der Waals surface area (Å²) < 4.78 is 0. The zero-order chi connectivity index (χ0) is 13.0. The molecule has 0 saturated carbocycles. The van der Waals surface area contributed by atoms with Crippen LogP contribution in [0.5, 0.6) is 0 Å². The third-order valence-corrected chi connectivity index (χ3v) is 3.09. The molecule has 0 radical (unpaired) electrons. The normalized spacial score (nSPS) is 10.6. The van der Waals surface area contributed by atoms with Crippen molar-refractivity contribution in [3.63, 3.8) is 0 Å². The molecule has 1 amide bonds. The number of amides is 1. The molecule has 0 heterocycles. The minimum absolute atomic E-state index is 0.107. The highest BCUT2D eigenvalue weighted by Gasteiger charge is 2.10. The van der Waals surface area contributed by atoms with Crippen LogP contribution in [0.15, 0.2) is 42.5 Å². The maximum Gasteiger partial charge on any atom is 0.226 e. The molecule has 0 spiro atoms. The van der Waals surface area contributed by atoms with Gasteiger partial charge >= 0.3 is 0 Å². The van der Waals surface area contributed by atoms with Gasteiger partial charge < -0.3 is 10.6 Å². The Bertz CT molecular complexity index is 551. The van der Waals surface area contributed by atoms with E-state index in [1.54, 1.807) is 4.90 Å². The molecule has 0 aliphatic carbocycles. The molecule has 2 aromatic carbocycles. The summed E-state index contributed by atoms with van der Waals surface area (Å²) in [5.74, 6) is 0.107. The van der Waals surface area contributed by atoms with E-state index < -0.39 is 0 Å². The van der Waals surface area contributed by atoms with Crippen LogP contribution in [0, 0.1) is 0 Å². The average Bonchev–Trinajstić information content (AvgIpc) is 2.43. The van der Waals surface area contributed by atoms with Gasteiger partial charge in [0.2, 0.25) is 5.91 Å². The number of anilines is 1. The molecule has 0 aliphatic heterocycles. The highest BCUT2D eigenvalue weighted by atomic mass is 16.2. The molecule has 94 valence electrons. The first-order valence-corrected chi connectivity index (χ1v) is 6.18. The van der Waals surface area contributed by atoms with Gasteiger partial charge in [0.15, 0.2) is 0 Å². The van der Waals surface area contributed by atoms with Crippen molar-refractivity contribution in [3.8, 4) is 0 Å². The van der Waals surface area contributed by atoms with E-state index in [4.69, 9.17) is 5.73 Å². The summed E-state index contributed by atoms with van der Waals surface area (Å²) in [5, 5.41) is 2.33. The van der Waals surface area contributed by atoms with E-state index in [0.717, 1.165) is 17.5 Å². The van der Waals surface area contributed by atoms with Crippen molar-refractivity contribution in [2.24, 2.45) is 5.73 Å². The van der Waals surface area contributed by atoms with Crippen LogP contribution in [0.1, 0.15) is 12.8 Å². The topological polar surface area (TPSA) is 46.3 Å². The van der Waals surface area contributed by atoms with Gasteiger partial charge in [-0.3, -0.25) is 4.79 Å². The van der Waals surface area contributed by atoms with Crippen molar-refractivity contribution >= 4 is 22.4 Å². The van der Waals surface area contributed by atoms with E-state index in [2.05, 4.69) is 12.1 Å². The summed E-state index contributed by atoms with van der Waals surface area (Å²) in [6.07, 6.45) is 1.23. The SMILES string of the molecule is CN(C(=O)CCCN)c1ccc2ccccc2c1. The fourth-order valence-corrected chi connectivity index (χ4v) is 1.95. The van der Waals surface area contributed by atoms with Gasteiger partial charge in [-0.15, -0.1) is 0 Å². The smallest absolute Gasteiger partial charge is 0.226 e. The van der Waals surface area contributed by atoms with Crippen molar-refractivity contribution in [1.82, 2.24) is 0 Å². The maximum absolute atomic E-state index is 11.9. The Morgan fingerprint density at radius 3 is 2.61 bits per heavy atom. The summed E-state index contributed by atoms with van der Waals surface area (Å²) >= 11 is 0. The highest BCUT2D eigenvalue weighted by molar-refractivity contribution is 5.95. The zero-order valence-electron chi connectivity index (χ0n) is 10.6. The third-order valence-electron chi connectivity index (χ3n) is 3.09. The summed E-state index contributed by atoms with van der Waals surface area (Å²) in [5.41, 5.74) is 6.35. The molecule has 0 aromatic heterocycles. The van der Waals surface area contributed by atoms with E-state index in [0.29, 0.717) is 13.0 Å².